The third-order valence-corrected chi connectivity index (χ3v) is 1.93. The summed E-state index contributed by atoms with van der Waals surface area (Å²) in [6, 6.07) is 2.97. The molecule has 1 aromatic carbocycles. The Hall–Kier alpha value is -1.72. The number of rotatable bonds is 0. The van der Waals surface area contributed by atoms with Gasteiger partial charge in [0.2, 0.25) is 0 Å². The first-order valence-electron chi connectivity index (χ1n) is 4.10. The van der Waals surface area contributed by atoms with Crippen LogP contribution in [0.25, 0.3) is 0 Å². The Morgan fingerprint density at radius 1 is 1.20 bits per heavy atom. The highest BCUT2D eigenvalue weighted by atomic mass is 19.4. The lowest BCUT2D eigenvalue weighted by Gasteiger charge is -2.06. The molecule has 1 aliphatic rings. The zero-order valence-corrected chi connectivity index (χ0v) is 7.38. The molecule has 0 aromatic heterocycles. The van der Waals surface area contributed by atoms with Crippen molar-refractivity contribution in [1.82, 2.24) is 0 Å². The van der Waals surface area contributed by atoms with Gasteiger partial charge in [-0.15, -0.1) is 0 Å². The summed E-state index contributed by atoms with van der Waals surface area (Å²) in [4.78, 5) is 18.1. The van der Waals surface area contributed by atoms with Crippen molar-refractivity contribution in [3.05, 3.63) is 34.5 Å². The molecule has 0 aliphatic carbocycles. The number of fused-ring (bicyclic) bond motifs is 1. The first-order valence-corrected chi connectivity index (χ1v) is 4.10. The maximum absolute atomic E-state index is 12.3. The van der Waals surface area contributed by atoms with Crippen molar-refractivity contribution in [2.24, 2.45) is 9.98 Å². The van der Waals surface area contributed by atoms with Crippen molar-refractivity contribution < 1.29 is 18.0 Å². The van der Waals surface area contributed by atoms with Crippen LogP contribution in [0.2, 0.25) is 0 Å². The van der Waals surface area contributed by atoms with E-state index in [0.717, 1.165) is 12.1 Å². The Morgan fingerprint density at radius 2 is 1.93 bits per heavy atom. The first-order chi connectivity index (χ1) is 6.97. The maximum Gasteiger partial charge on any atom is 0.416 e. The van der Waals surface area contributed by atoms with E-state index in [9.17, 15) is 18.0 Å². The van der Waals surface area contributed by atoms with Gasteiger partial charge >= 0.3 is 6.18 Å². The smallest absolute Gasteiger partial charge is 0.273 e. The number of carbonyl (C=O) groups is 1. The molecule has 0 atom stereocenters. The molecule has 1 aromatic rings. The number of hydrogen-bond acceptors (Lipinski definition) is 2. The summed E-state index contributed by atoms with van der Waals surface area (Å²) in [7, 11) is 0. The van der Waals surface area contributed by atoms with Crippen molar-refractivity contribution >= 4 is 5.91 Å². The fraction of sp³-hybridized carbons (Fsp3) is 0.222. The molecule has 0 radical (unpaired) electrons. The van der Waals surface area contributed by atoms with Crippen LogP contribution in [0.1, 0.15) is 5.56 Å². The van der Waals surface area contributed by atoms with Gasteiger partial charge in [0.15, 0.2) is 0 Å². The zero-order chi connectivity index (χ0) is 11.1. The quantitative estimate of drug-likeness (QED) is 0.619. The lowest BCUT2D eigenvalue weighted by molar-refractivity contribution is -0.137. The Bertz CT molecular complexity index is 533. The molecule has 2 rings (SSSR count). The second kappa shape index (κ2) is 3.15. The normalized spacial score (nSPS) is 15.3. The number of nitrogens with zero attached hydrogens (tertiary/aromatic N) is 2. The predicted molar refractivity (Wildman–Crippen MR) is 43.6 cm³/mol. The average Bonchev–Trinajstić information content (AvgIpc) is 2.15. The van der Waals surface area contributed by atoms with Crippen LogP contribution in [0.5, 0.6) is 0 Å². The number of benzene rings is 1. The van der Waals surface area contributed by atoms with Crippen LogP contribution >= 0.6 is 0 Å². The van der Waals surface area contributed by atoms with Gasteiger partial charge in [0, 0.05) is 0 Å². The number of carbonyl (C=O) groups excluding carboxylic acids is 1. The third kappa shape index (κ3) is 1.88. The molecule has 3 nitrogen and oxygen atoms in total. The van der Waals surface area contributed by atoms with Crippen LogP contribution in [-0.4, -0.2) is 12.5 Å². The summed E-state index contributed by atoms with van der Waals surface area (Å²) in [6.07, 6.45) is -4.43. The Kier molecular flexibility index (Phi) is 2.06. The van der Waals surface area contributed by atoms with E-state index in [1.54, 1.807) is 0 Å². The highest BCUT2D eigenvalue weighted by molar-refractivity contribution is 5.79. The lowest BCUT2D eigenvalue weighted by atomic mass is 10.2. The van der Waals surface area contributed by atoms with Crippen LogP contribution in [0.3, 0.4) is 0 Å². The van der Waals surface area contributed by atoms with Gasteiger partial charge in [-0.3, -0.25) is 9.79 Å². The number of alkyl halides is 3. The summed E-state index contributed by atoms with van der Waals surface area (Å²) in [5, 5.41) is 0.309. The molecule has 0 unspecified atom stereocenters. The van der Waals surface area contributed by atoms with Crippen molar-refractivity contribution in [1.29, 1.82) is 0 Å². The van der Waals surface area contributed by atoms with Crippen LogP contribution < -0.4 is 10.7 Å². The second-order valence-corrected chi connectivity index (χ2v) is 3.02. The molecule has 0 spiro atoms. The van der Waals surface area contributed by atoms with Crippen LogP contribution in [-0.2, 0) is 11.0 Å². The fourth-order valence-corrected chi connectivity index (χ4v) is 1.25. The van der Waals surface area contributed by atoms with Gasteiger partial charge in [-0.05, 0) is 18.2 Å². The summed E-state index contributed by atoms with van der Waals surface area (Å²) < 4.78 is 36.9. The summed E-state index contributed by atoms with van der Waals surface area (Å²) >= 11 is 0. The van der Waals surface area contributed by atoms with Gasteiger partial charge in [0.1, 0.15) is 6.54 Å². The Balaban J connectivity index is 2.66. The first kappa shape index (κ1) is 9.82. The third-order valence-electron chi connectivity index (χ3n) is 1.93. The lowest BCUT2D eigenvalue weighted by Crippen LogP contribution is -2.33. The van der Waals surface area contributed by atoms with Gasteiger partial charge in [-0.25, -0.2) is 4.99 Å². The van der Waals surface area contributed by atoms with Crippen molar-refractivity contribution in [3.8, 4) is 0 Å². The molecule has 0 saturated carbocycles. The molecule has 0 bridgehead atoms. The minimum atomic E-state index is -4.43. The molecule has 1 amide bonds. The maximum atomic E-state index is 12.3. The van der Waals surface area contributed by atoms with Gasteiger partial charge in [-0.2, -0.15) is 13.2 Å². The van der Waals surface area contributed by atoms with Crippen LogP contribution in [0.15, 0.2) is 28.2 Å². The predicted octanol–water partition coefficient (Wildman–Crippen LogP) is 0.485. The van der Waals surface area contributed by atoms with Crippen molar-refractivity contribution in [2.75, 3.05) is 6.54 Å². The van der Waals surface area contributed by atoms with E-state index >= 15 is 0 Å². The van der Waals surface area contributed by atoms with Crippen molar-refractivity contribution in [3.63, 3.8) is 0 Å². The highest BCUT2D eigenvalue weighted by Crippen LogP contribution is 2.27. The standard InChI is InChI=1S/C9H5F3N2O/c10-9(11,12)5-1-2-6-7(3-5)14-8(15)4-13-6/h1-3H,4H2. The molecule has 78 valence electrons. The molecular weight excluding hydrogens is 209 g/mol. The molecule has 6 heteroatoms. The molecular formula is C9H5F3N2O. The molecule has 0 fully saturated rings. The van der Waals surface area contributed by atoms with Gasteiger partial charge in [0.05, 0.1) is 16.3 Å². The average molecular weight is 214 g/mol. The van der Waals surface area contributed by atoms with Crippen molar-refractivity contribution in [2.45, 2.75) is 6.18 Å². The van der Waals surface area contributed by atoms with E-state index < -0.39 is 17.6 Å². The Morgan fingerprint density at radius 3 is 2.60 bits per heavy atom. The largest absolute Gasteiger partial charge is 0.416 e. The second-order valence-electron chi connectivity index (χ2n) is 3.02. The number of amides is 1. The van der Waals surface area contributed by atoms with Gasteiger partial charge in [-0.1, -0.05) is 0 Å². The molecule has 1 aliphatic heterocycles. The summed E-state index contributed by atoms with van der Waals surface area (Å²) in [5.74, 6) is -0.526. The summed E-state index contributed by atoms with van der Waals surface area (Å²) in [6.45, 7) is -0.0988. The van der Waals surface area contributed by atoms with E-state index in [1.807, 2.05) is 0 Å². The number of hydrogen-bond donors (Lipinski definition) is 0. The number of halogens is 3. The molecule has 1 heterocycles. The van der Waals surface area contributed by atoms with E-state index in [2.05, 4.69) is 9.98 Å². The summed E-state index contributed by atoms with van der Waals surface area (Å²) in [5.41, 5.74) is -0.824. The molecule has 0 N–H and O–H groups in total. The fourth-order valence-electron chi connectivity index (χ4n) is 1.25. The van der Waals surface area contributed by atoms with E-state index in [0.29, 0.717) is 5.36 Å². The minimum absolute atomic E-state index is 0.0129. The molecule has 15 heavy (non-hydrogen) atoms. The highest BCUT2D eigenvalue weighted by Gasteiger charge is 2.30. The van der Waals surface area contributed by atoms with Gasteiger partial charge < -0.3 is 0 Å². The zero-order valence-electron chi connectivity index (χ0n) is 7.38. The topological polar surface area (TPSA) is 41.8 Å². The monoisotopic (exact) mass is 214 g/mol. The van der Waals surface area contributed by atoms with Crippen LogP contribution in [0, 0.1) is 0 Å². The van der Waals surface area contributed by atoms with E-state index in [1.165, 1.54) is 6.07 Å². The van der Waals surface area contributed by atoms with Gasteiger partial charge in [0.25, 0.3) is 5.91 Å². The molecule has 0 saturated heterocycles. The minimum Gasteiger partial charge on any atom is -0.273 e. The SMILES string of the molecule is O=C1CN=c2ccc(C(F)(F)F)cc2=N1. The van der Waals surface area contributed by atoms with Crippen LogP contribution in [0.4, 0.5) is 13.2 Å². The van der Waals surface area contributed by atoms with E-state index in [4.69, 9.17) is 0 Å². The Labute approximate surface area is 82.0 Å². The van der Waals surface area contributed by atoms with E-state index in [-0.39, 0.29) is 11.9 Å².